The molecule has 0 fully saturated rings. The minimum Gasteiger partial charge on any atom is -0.494 e. The van der Waals surface area contributed by atoms with Crippen LogP contribution in [0.5, 0.6) is 11.5 Å². The van der Waals surface area contributed by atoms with E-state index in [2.05, 4.69) is 48.3 Å². The molecule has 2 aromatic carbocycles. The standard InChI is InChI=1S/C27H39N3O3/c1-4-7-8-9-10-11-20-32-25-16-18-26(19-17-25)33-22-27(31)29-28-21-23-12-14-24(15-13-23)30(5-2)6-3/h12-19,21H,4-11,20,22H2,1-3H3,(H,29,31)/b28-21+. The third-order valence-electron chi connectivity index (χ3n) is 5.38. The number of carbonyl (C=O) groups is 1. The van der Waals surface area contributed by atoms with E-state index in [0.717, 1.165) is 37.4 Å². The van der Waals surface area contributed by atoms with Crippen LogP contribution < -0.4 is 19.8 Å². The van der Waals surface area contributed by atoms with E-state index in [-0.39, 0.29) is 12.5 Å². The number of nitrogens with one attached hydrogen (secondary N) is 1. The van der Waals surface area contributed by atoms with E-state index < -0.39 is 0 Å². The summed E-state index contributed by atoms with van der Waals surface area (Å²) in [5.41, 5.74) is 4.59. The summed E-state index contributed by atoms with van der Waals surface area (Å²) in [6, 6.07) is 15.4. The monoisotopic (exact) mass is 453 g/mol. The van der Waals surface area contributed by atoms with Crippen LogP contribution in [0.15, 0.2) is 53.6 Å². The summed E-state index contributed by atoms with van der Waals surface area (Å²) >= 11 is 0. The molecule has 0 unspecified atom stereocenters. The Morgan fingerprint density at radius 2 is 1.45 bits per heavy atom. The quantitative estimate of drug-likeness (QED) is 0.198. The Balaban J connectivity index is 1.64. The number of unbranched alkanes of at least 4 members (excludes halogenated alkanes) is 5. The lowest BCUT2D eigenvalue weighted by Gasteiger charge is -2.20. The molecule has 0 spiro atoms. The van der Waals surface area contributed by atoms with Crippen LogP contribution >= 0.6 is 0 Å². The van der Waals surface area contributed by atoms with Crippen LogP contribution in [-0.2, 0) is 4.79 Å². The minimum absolute atomic E-state index is 0.101. The maximum Gasteiger partial charge on any atom is 0.277 e. The fraction of sp³-hybridized carbons (Fsp3) is 0.481. The average molecular weight is 454 g/mol. The highest BCUT2D eigenvalue weighted by Crippen LogP contribution is 2.18. The fourth-order valence-corrected chi connectivity index (χ4v) is 3.42. The van der Waals surface area contributed by atoms with Gasteiger partial charge in [-0.05, 0) is 62.2 Å². The summed E-state index contributed by atoms with van der Waals surface area (Å²) in [5.74, 6) is 1.12. The number of nitrogens with zero attached hydrogens (tertiary/aromatic N) is 2. The fourth-order valence-electron chi connectivity index (χ4n) is 3.42. The molecule has 0 atom stereocenters. The van der Waals surface area contributed by atoms with Gasteiger partial charge in [0.2, 0.25) is 0 Å². The maximum atomic E-state index is 12.0. The van der Waals surface area contributed by atoms with Crippen LogP contribution in [0.3, 0.4) is 0 Å². The van der Waals surface area contributed by atoms with E-state index in [1.165, 1.54) is 37.8 Å². The number of rotatable bonds is 16. The summed E-state index contributed by atoms with van der Waals surface area (Å²) in [4.78, 5) is 14.3. The Bertz CT molecular complexity index is 816. The molecule has 0 aliphatic carbocycles. The summed E-state index contributed by atoms with van der Waals surface area (Å²) in [7, 11) is 0. The predicted octanol–water partition coefficient (Wildman–Crippen LogP) is 5.80. The highest BCUT2D eigenvalue weighted by atomic mass is 16.5. The van der Waals surface area contributed by atoms with Crippen LogP contribution in [0.4, 0.5) is 5.69 Å². The highest BCUT2D eigenvalue weighted by molar-refractivity contribution is 5.83. The third-order valence-corrected chi connectivity index (χ3v) is 5.38. The zero-order valence-corrected chi connectivity index (χ0v) is 20.4. The Morgan fingerprint density at radius 3 is 2.09 bits per heavy atom. The second-order valence-corrected chi connectivity index (χ2v) is 7.93. The molecule has 0 aliphatic rings. The summed E-state index contributed by atoms with van der Waals surface area (Å²) in [5, 5.41) is 4.01. The SMILES string of the molecule is CCCCCCCCOc1ccc(OCC(=O)N/N=C/c2ccc(N(CC)CC)cc2)cc1. The number of benzene rings is 2. The molecule has 1 amide bonds. The van der Waals surface area contributed by atoms with E-state index in [0.29, 0.717) is 5.75 Å². The molecule has 0 bridgehead atoms. The second kappa shape index (κ2) is 15.7. The van der Waals surface area contributed by atoms with Crippen molar-refractivity contribution >= 4 is 17.8 Å². The van der Waals surface area contributed by atoms with Crippen LogP contribution in [0, 0.1) is 0 Å². The normalized spacial score (nSPS) is 10.9. The first-order valence-corrected chi connectivity index (χ1v) is 12.2. The van der Waals surface area contributed by atoms with Crippen LogP contribution in [0.1, 0.15) is 64.9 Å². The molecular formula is C27H39N3O3. The number of hydrogen-bond acceptors (Lipinski definition) is 5. The molecular weight excluding hydrogens is 414 g/mol. The lowest BCUT2D eigenvalue weighted by Crippen LogP contribution is -2.24. The van der Waals surface area contributed by atoms with Crippen LogP contribution in [0.25, 0.3) is 0 Å². The van der Waals surface area contributed by atoms with E-state index in [9.17, 15) is 4.79 Å². The predicted molar refractivity (Wildman–Crippen MR) is 137 cm³/mol. The van der Waals surface area contributed by atoms with Gasteiger partial charge < -0.3 is 14.4 Å². The first-order valence-electron chi connectivity index (χ1n) is 12.2. The zero-order chi connectivity index (χ0) is 23.7. The van der Waals surface area contributed by atoms with Crippen molar-refractivity contribution in [1.82, 2.24) is 5.43 Å². The first-order chi connectivity index (χ1) is 16.2. The second-order valence-electron chi connectivity index (χ2n) is 7.93. The minimum atomic E-state index is -0.311. The van der Waals surface area contributed by atoms with Gasteiger partial charge in [-0.15, -0.1) is 0 Å². The molecule has 0 heterocycles. The molecule has 2 rings (SSSR count). The molecule has 6 nitrogen and oxygen atoms in total. The third kappa shape index (κ3) is 10.4. The van der Waals surface area contributed by atoms with E-state index >= 15 is 0 Å². The summed E-state index contributed by atoms with van der Waals surface area (Å²) < 4.78 is 11.3. The van der Waals surface area contributed by atoms with Gasteiger partial charge in [-0.2, -0.15) is 5.10 Å². The lowest BCUT2D eigenvalue weighted by molar-refractivity contribution is -0.123. The molecule has 0 aromatic heterocycles. The van der Waals surface area contributed by atoms with Gasteiger partial charge in [0.1, 0.15) is 11.5 Å². The molecule has 0 saturated carbocycles. The molecule has 2 aromatic rings. The largest absolute Gasteiger partial charge is 0.494 e. The lowest BCUT2D eigenvalue weighted by atomic mass is 10.1. The number of hydrazone groups is 1. The van der Waals surface area contributed by atoms with Crippen molar-refractivity contribution in [3.63, 3.8) is 0 Å². The van der Waals surface area contributed by atoms with Crippen molar-refractivity contribution in [1.29, 1.82) is 0 Å². The highest BCUT2D eigenvalue weighted by Gasteiger charge is 2.03. The van der Waals surface area contributed by atoms with Gasteiger partial charge in [-0.1, -0.05) is 51.2 Å². The number of hydrogen-bond donors (Lipinski definition) is 1. The molecule has 1 N–H and O–H groups in total. The molecule has 33 heavy (non-hydrogen) atoms. The number of ether oxygens (including phenoxy) is 2. The Labute approximate surface area is 199 Å². The molecule has 0 radical (unpaired) electrons. The summed E-state index contributed by atoms with van der Waals surface area (Å²) in [6.45, 7) is 9.06. The van der Waals surface area contributed by atoms with Gasteiger partial charge in [0.15, 0.2) is 6.61 Å². The number of amides is 1. The number of carbonyl (C=O) groups excluding carboxylic acids is 1. The molecule has 180 valence electrons. The smallest absolute Gasteiger partial charge is 0.277 e. The zero-order valence-electron chi connectivity index (χ0n) is 20.4. The van der Waals surface area contributed by atoms with E-state index in [1.807, 2.05) is 36.4 Å². The van der Waals surface area contributed by atoms with Gasteiger partial charge in [0.05, 0.1) is 12.8 Å². The van der Waals surface area contributed by atoms with Crippen molar-refractivity contribution in [3.8, 4) is 11.5 Å². The molecule has 0 aliphatic heterocycles. The first kappa shape index (κ1) is 26.2. The summed E-state index contributed by atoms with van der Waals surface area (Å²) in [6.07, 6.45) is 9.08. The van der Waals surface area contributed by atoms with Gasteiger partial charge in [0.25, 0.3) is 5.91 Å². The number of anilines is 1. The van der Waals surface area contributed by atoms with E-state index in [1.54, 1.807) is 6.21 Å². The van der Waals surface area contributed by atoms with Crippen LogP contribution in [-0.4, -0.2) is 38.4 Å². The maximum absolute atomic E-state index is 12.0. The van der Waals surface area contributed by atoms with Crippen molar-refractivity contribution < 1.29 is 14.3 Å². The Hall–Kier alpha value is -3.02. The Kier molecular flexibility index (Phi) is 12.5. The van der Waals surface area contributed by atoms with Gasteiger partial charge >= 0.3 is 0 Å². The molecule has 6 heteroatoms. The van der Waals surface area contributed by atoms with Gasteiger partial charge in [-0.25, -0.2) is 5.43 Å². The van der Waals surface area contributed by atoms with Gasteiger partial charge in [-0.3, -0.25) is 4.79 Å². The van der Waals surface area contributed by atoms with Crippen molar-refractivity contribution in [3.05, 3.63) is 54.1 Å². The van der Waals surface area contributed by atoms with Crippen LogP contribution in [0.2, 0.25) is 0 Å². The van der Waals surface area contributed by atoms with Gasteiger partial charge in [0, 0.05) is 18.8 Å². The Morgan fingerprint density at radius 1 is 0.848 bits per heavy atom. The van der Waals surface area contributed by atoms with Crippen molar-refractivity contribution in [2.45, 2.75) is 59.3 Å². The van der Waals surface area contributed by atoms with E-state index in [4.69, 9.17) is 9.47 Å². The topological polar surface area (TPSA) is 63.2 Å². The van der Waals surface area contributed by atoms with Crippen molar-refractivity contribution in [2.24, 2.45) is 5.10 Å². The average Bonchev–Trinajstić information content (AvgIpc) is 2.84. The molecule has 0 saturated heterocycles. The van der Waals surface area contributed by atoms with Crippen molar-refractivity contribution in [2.75, 3.05) is 31.2 Å².